The van der Waals surface area contributed by atoms with Crippen molar-refractivity contribution < 1.29 is 22.7 Å². The van der Waals surface area contributed by atoms with Gasteiger partial charge < -0.3 is 19.2 Å². The Labute approximate surface area is 210 Å². The number of fused-ring (bicyclic) bond motifs is 2. The normalized spacial score (nSPS) is 14.3. The van der Waals surface area contributed by atoms with Gasteiger partial charge in [0.15, 0.2) is 11.1 Å². The number of aryl methyl sites for hydroxylation is 1. The van der Waals surface area contributed by atoms with Gasteiger partial charge in [0, 0.05) is 29.7 Å². The molecule has 186 valence electrons. The van der Waals surface area contributed by atoms with Crippen LogP contribution in [0.1, 0.15) is 41.2 Å². The first-order valence-electron chi connectivity index (χ1n) is 11.9. The largest absolute Gasteiger partial charge is 0.491 e. The van der Waals surface area contributed by atoms with Gasteiger partial charge in [-0.15, -0.1) is 0 Å². The van der Waals surface area contributed by atoms with Gasteiger partial charge in [-0.2, -0.15) is 0 Å². The molecule has 7 nitrogen and oxygen atoms in total. The number of hydrogen-bond acceptors (Lipinski definition) is 4. The van der Waals surface area contributed by atoms with Crippen molar-refractivity contribution in [2.75, 3.05) is 13.2 Å². The van der Waals surface area contributed by atoms with E-state index in [1.807, 2.05) is 30.3 Å². The Kier molecular flexibility index (Phi) is 6.59. The molecule has 2 heterocycles. The zero-order valence-corrected chi connectivity index (χ0v) is 20.8. The minimum atomic E-state index is -2.47. The molecule has 0 saturated carbocycles. The Morgan fingerprint density at radius 3 is 2.67 bits per heavy atom. The second-order valence-electron chi connectivity index (χ2n) is 8.67. The van der Waals surface area contributed by atoms with E-state index in [9.17, 15) is 17.9 Å². The number of carbonyl (C=O) groups is 1. The van der Waals surface area contributed by atoms with Crippen molar-refractivity contribution in [3.8, 4) is 16.9 Å². The molecule has 1 aliphatic heterocycles. The van der Waals surface area contributed by atoms with E-state index in [2.05, 4.69) is 23.0 Å². The standard InChI is InChI=1S/C27H26FN3O4S/c1-3-19-20(7-10-24(26(19)28)36(33)34)27(32)31-11-12-35-23-9-6-16(13-18(23)15-31)17-5-8-21-22(14-17)30-25(4-2)29-21/h5-10,13-14H,3-4,11-12,15H2,1-2H3,(H,29,30)(H,33,34). The number of aromatic nitrogens is 2. The van der Waals surface area contributed by atoms with Gasteiger partial charge in [0.2, 0.25) is 0 Å². The van der Waals surface area contributed by atoms with Crippen LogP contribution in [0.2, 0.25) is 0 Å². The molecule has 9 heteroatoms. The number of carbonyl (C=O) groups excluding carboxylic acids is 1. The summed E-state index contributed by atoms with van der Waals surface area (Å²) in [7, 11) is 0. The molecule has 5 rings (SSSR count). The fourth-order valence-electron chi connectivity index (χ4n) is 4.61. The maximum Gasteiger partial charge on any atom is 0.254 e. The summed E-state index contributed by atoms with van der Waals surface area (Å²) in [6.45, 7) is 4.71. The van der Waals surface area contributed by atoms with Crippen LogP contribution in [0.3, 0.4) is 0 Å². The lowest BCUT2D eigenvalue weighted by Gasteiger charge is -2.22. The molecule has 0 bridgehead atoms. The third-order valence-electron chi connectivity index (χ3n) is 6.51. The van der Waals surface area contributed by atoms with Gasteiger partial charge in [-0.1, -0.05) is 26.0 Å². The molecular formula is C27H26FN3O4S. The van der Waals surface area contributed by atoms with Gasteiger partial charge in [-0.25, -0.2) is 13.6 Å². The van der Waals surface area contributed by atoms with Gasteiger partial charge in [0.1, 0.15) is 28.9 Å². The van der Waals surface area contributed by atoms with Crippen LogP contribution < -0.4 is 4.74 Å². The van der Waals surface area contributed by atoms with Crippen LogP contribution in [-0.2, 0) is 30.5 Å². The number of amides is 1. The van der Waals surface area contributed by atoms with E-state index in [4.69, 9.17) is 4.74 Å². The van der Waals surface area contributed by atoms with Crippen LogP contribution in [0.25, 0.3) is 22.2 Å². The third kappa shape index (κ3) is 4.40. The third-order valence-corrected chi connectivity index (χ3v) is 7.20. The zero-order chi connectivity index (χ0) is 25.4. The smallest absolute Gasteiger partial charge is 0.254 e. The molecular weight excluding hydrogens is 481 g/mol. The Hall–Kier alpha value is -3.56. The molecule has 1 amide bonds. The highest BCUT2D eigenvalue weighted by molar-refractivity contribution is 7.79. The lowest BCUT2D eigenvalue weighted by Crippen LogP contribution is -2.33. The number of H-pyrrole nitrogens is 1. The number of aromatic amines is 1. The van der Waals surface area contributed by atoms with Crippen molar-refractivity contribution in [2.45, 2.75) is 38.1 Å². The average Bonchev–Trinajstić information content (AvgIpc) is 3.18. The van der Waals surface area contributed by atoms with Crippen LogP contribution in [-0.4, -0.2) is 42.7 Å². The van der Waals surface area contributed by atoms with Crippen molar-refractivity contribution in [2.24, 2.45) is 0 Å². The number of imidazole rings is 1. The lowest BCUT2D eigenvalue weighted by molar-refractivity contribution is 0.0731. The first-order chi connectivity index (χ1) is 17.4. The summed E-state index contributed by atoms with van der Waals surface area (Å²) in [5, 5.41) is 0. The average molecular weight is 508 g/mol. The Balaban J connectivity index is 1.47. The van der Waals surface area contributed by atoms with Crippen molar-refractivity contribution in [3.05, 3.63) is 76.9 Å². The van der Waals surface area contributed by atoms with Crippen molar-refractivity contribution in [1.29, 1.82) is 0 Å². The number of rotatable bonds is 5. The second kappa shape index (κ2) is 9.83. The molecule has 0 fully saturated rings. The first-order valence-corrected chi connectivity index (χ1v) is 13.0. The highest BCUT2D eigenvalue weighted by Crippen LogP contribution is 2.32. The Bertz CT molecular complexity index is 1500. The molecule has 0 aliphatic carbocycles. The predicted molar refractivity (Wildman–Crippen MR) is 136 cm³/mol. The Morgan fingerprint density at radius 2 is 1.92 bits per heavy atom. The van der Waals surface area contributed by atoms with Gasteiger partial charge >= 0.3 is 0 Å². The van der Waals surface area contributed by atoms with Crippen molar-refractivity contribution >= 4 is 28.0 Å². The Morgan fingerprint density at radius 1 is 1.14 bits per heavy atom. The molecule has 0 radical (unpaired) electrons. The van der Waals surface area contributed by atoms with E-state index in [1.54, 1.807) is 11.8 Å². The molecule has 1 atom stereocenters. The number of nitrogens with one attached hydrogen (secondary N) is 1. The van der Waals surface area contributed by atoms with E-state index in [0.717, 1.165) is 40.0 Å². The van der Waals surface area contributed by atoms with E-state index < -0.39 is 16.9 Å². The van der Waals surface area contributed by atoms with Gasteiger partial charge in [-0.05, 0) is 53.9 Å². The SMILES string of the molecule is CCc1nc2ccc(-c3ccc4c(c3)CN(C(=O)c3ccc(S(=O)O)c(F)c3CC)CCO4)cc2[nH]1. The maximum atomic E-state index is 14.9. The van der Waals surface area contributed by atoms with Crippen LogP contribution in [0.4, 0.5) is 4.39 Å². The minimum Gasteiger partial charge on any atom is -0.491 e. The molecule has 2 N–H and O–H groups in total. The number of hydrogen-bond donors (Lipinski definition) is 2. The highest BCUT2D eigenvalue weighted by atomic mass is 32.2. The maximum absolute atomic E-state index is 14.9. The summed E-state index contributed by atoms with van der Waals surface area (Å²) >= 11 is -2.47. The molecule has 4 aromatic rings. The molecule has 1 unspecified atom stereocenters. The molecule has 1 aromatic heterocycles. The van der Waals surface area contributed by atoms with E-state index in [-0.39, 0.29) is 28.4 Å². The number of halogens is 1. The molecule has 0 spiro atoms. The summed E-state index contributed by atoms with van der Waals surface area (Å²) in [5.74, 6) is 0.498. The summed E-state index contributed by atoms with van der Waals surface area (Å²) in [6.07, 6.45) is 1.05. The topological polar surface area (TPSA) is 95.5 Å². The van der Waals surface area contributed by atoms with Crippen LogP contribution in [0.5, 0.6) is 5.75 Å². The highest BCUT2D eigenvalue weighted by Gasteiger charge is 2.26. The van der Waals surface area contributed by atoms with Gasteiger partial charge in [-0.3, -0.25) is 4.79 Å². The van der Waals surface area contributed by atoms with Gasteiger partial charge in [0.05, 0.1) is 17.6 Å². The summed E-state index contributed by atoms with van der Waals surface area (Å²) < 4.78 is 41.6. The quantitative estimate of drug-likeness (QED) is 0.366. The second-order valence-corrected chi connectivity index (χ2v) is 9.61. The van der Waals surface area contributed by atoms with Crippen LogP contribution in [0, 0.1) is 5.82 Å². The van der Waals surface area contributed by atoms with Gasteiger partial charge in [0.25, 0.3) is 5.91 Å². The van der Waals surface area contributed by atoms with E-state index in [0.29, 0.717) is 25.4 Å². The van der Waals surface area contributed by atoms with Crippen LogP contribution in [0.15, 0.2) is 53.4 Å². The number of nitrogens with zero attached hydrogens (tertiary/aromatic N) is 2. The summed E-state index contributed by atoms with van der Waals surface area (Å²) in [6, 6.07) is 14.6. The van der Waals surface area contributed by atoms with E-state index in [1.165, 1.54) is 12.1 Å². The number of benzene rings is 3. The van der Waals surface area contributed by atoms with Crippen molar-refractivity contribution in [3.63, 3.8) is 0 Å². The lowest BCUT2D eigenvalue weighted by atomic mass is 10.0. The molecule has 36 heavy (non-hydrogen) atoms. The fourth-order valence-corrected chi connectivity index (χ4v) is 5.07. The summed E-state index contributed by atoms with van der Waals surface area (Å²) in [5.41, 5.74) is 5.06. The predicted octanol–water partition coefficient (Wildman–Crippen LogP) is 5.11. The summed E-state index contributed by atoms with van der Waals surface area (Å²) in [4.78, 5) is 22.7. The fraction of sp³-hybridized carbons (Fsp3) is 0.259. The van der Waals surface area contributed by atoms with E-state index >= 15 is 0 Å². The molecule has 0 saturated heterocycles. The first kappa shape index (κ1) is 24.1. The monoisotopic (exact) mass is 507 g/mol. The number of ether oxygens (including phenoxy) is 1. The zero-order valence-electron chi connectivity index (χ0n) is 20.0. The molecule has 3 aromatic carbocycles. The van der Waals surface area contributed by atoms with Crippen LogP contribution >= 0.6 is 0 Å². The minimum absolute atomic E-state index is 0.137. The molecule has 1 aliphatic rings. The van der Waals surface area contributed by atoms with Crippen molar-refractivity contribution in [1.82, 2.24) is 14.9 Å².